The number of likely N-dealkylation sites (tertiary alicyclic amines) is 1. The molecule has 0 saturated carbocycles. The van der Waals surface area contributed by atoms with E-state index in [1.54, 1.807) is 19.2 Å². The van der Waals surface area contributed by atoms with Crippen molar-refractivity contribution in [2.45, 2.75) is 25.8 Å². The van der Waals surface area contributed by atoms with E-state index >= 15 is 0 Å². The molecule has 0 N–H and O–H groups in total. The second kappa shape index (κ2) is 10.8. The Morgan fingerprint density at radius 2 is 1.66 bits per heavy atom. The molecule has 3 heterocycles. The summed E-state index contributed by atoms with van der Waals surface area (Å²) >= 11 is 0. The highest BCUT2D eigenvalue weighted by Gasteiger charge is 2.26. The van der Waals surface area contributed by atoms with Gasteiger partial charge in [-0.1, -0.05) is 24.3 Å². The smallest absolute Gasteiger partial charge is 0.259 e. The van der Waals surface area contributed by atoms with Crippen molar-refractivity contribution in [3.05, 3.63) is 53.1 Å². The van der Waals surface area contributed by atoms with Crippen LogP contribution in [0.2, 0.25) is 0 Å². The lowest BCUT2D eigenvalue weighted by molar-refractivity contribution is 0.0342. The van der Waals surface area contributed by atoms with E-state index in [-0.39, 0.29) is 5.91 Å². The molecule has 7 nitrogen and oxygen atoms in total. The van der Waals surface area contributed by atoms with Crippen molar-refractivity contribution in [2.75, 3.05) is 53.6 Å². The van der Waals surface area contributed by atoms with Crippen LogP contribution in [0, 0.1) is 5.92 Å². The average Bonchev–Trinajstić information content (AvgIpc) is 2.85. The van der Waals surface area contributed by atoms with E-state index in [1.165, 1.54) is 18.2 Å². The van der Waals surface area contributed by atoms with Gasteiger partial charge in [0.1, 0.15) is 5.56 Å². The summed E-state index contributed by atoms with van der Waals surface area (Å²) in [6.45, 7) is 6.20. The van der Waals surface area contributed by atoms with E-state index in [9.17, 15) is 4.79 Å². The van der Waals surface area contributed by atoms with E-state index in [2.05, 4.69) is 34.1 Å². The topological polar surface area (TPSA) is 64.1 Å². The number of piperidine rings is 1. The van der Waals surface area contributed by atoms with Gasteiger partial charge in [0.2, 0.25) is 11.8 Å². The zero-order valence-electron chi connectivity index (χ0n) is 19.1. The van der Waals surface area contributed by atoms with Crippen molar-refractivity contribution in [3.63, 3.8) is 0 Å². The molecule has 2 aromatic rings. The van der Waals surface area contributed by atoms with Crippen LogP contribution in [-0.4, -0.2) is 74.3 Å². The van der Waals surface area contributed by atoms with Gasteiger partial charge in [0.05, 0.1) is 27.4 Å². The fourth-order valence-corrected chi connectivity index (χ4v) is 4.50. The van der Waals surface area contributed by atoms with Crippen molar-refractivity contribution in [2.24, 2.45) is 5.92 Å². The first kappa shape index (κ1) is 22.6. The molecule has 2 aliphatic rings. The van der Waals surface area contributed by atoms with E-state index < -0.39 is 0 Å². The summed E-state index contributed by atoms with van der Waals surface area (Å²) in [5, 5.41) is 0. The lowest BCUT2D eigenvalue weighted by Gasteiger charge is -2.32. The molecule has 1 aromatic heterocycles. The molecule has 1 aromatic carbocycles. The number of methoxy groups -OCH3 is 2. The first-order chi connectivity index (χ1) is 15.7. The number of rotatable bonds is 7. The Morgan fingerprint density at radius 3 is 2.31 bits per heavy atom. The Morgan fingerprint density at radius 1 is 0.969 bits per heavy atom. The second-order valence-electron chi connectivity index (χ2n) is 8.56. The van der Waals surface area contributed by atoms with Crippen LogP contribution in [0.25, 0.3) is 0 Å². The number of aromatic nitrogens is 1. The standard InChI is InChI=1S/C25H33N3O4/c1-30-23-8-7-22(24(26-23)31-2)25(29)28-11-9-20(10-12-28)17-19-3-5-21(6-4-19)18-27-13-15-32-16-14-27/h3-8,20H,9-18H2,1-2H3. The Bertz CT molecular complexity index is 889. The minimum absolute atomic E-state index is 0.0251. The van der Waals surface area contributed by atoms with Gasteiger partial charge in [0.25, 0.3) is 5.91 Å². The highest BCUT2D eigenvalue weighted by molar-refractivity contribution is 5.96. The number of carbonyl (C=O) groups excluding carboxylic acids is 1. The molecule has 1 amide bonds. The number of hydrogen-bond acceptors (Lipinski definition) is 6. The van der Waals surface area contributed by atoms with Crippen molar-refractivity contribution in [1.29, 1.82) is 0 Å². The zero-order valence-corrected chi connectivity index (χ0v) is 19.1. The van der Waals surface area contributed by atoms with Crippen LogP contribution in [0.15, 0.2) is 36.4 Å². The minimum atomic E-state index is -0.0251. The second-order valence-corrected chi connectivity index (χ2v) is 8.56. The monoisotopic (exact) mass is 439 g/mol. The Labute approximate surface area is 190 Å². The van der Waals surface area contributed by atoms with Gasteiger partial charge >= 0.3 is 0 Å². The molecule has 2 saturated heterocycles. The van der Waals surface area contributed by atoms with Gasteiger partial charge in [-0.2, -0.15) is 4.98 Å². The van der Waals surface area contributed by atoms with Crippen LogP contribution in [0.1, 0.15) is 34.3 Å². The van der Waals surface area contributed by atoms with Gasteiger partial charge in [0, 0.05) is 38.8 Å². The highest BCUT2D eigenvalue weighted by Crippen LogP contribution is 2.26. The zero-order chi connectivity index (χ0) is 22.3. The maximum Gasteiger partial charge on any atom is 0.259 e. The Hall–Kier alpha value is -2.64. The molecule has 2 aliphatic heterocycles. The molecule has 172 valence electrons. The minimum Gasteiger partial charge on any atom is -0.481 e. The van der Waals surface area contributed by atoms with Crippen molar-refractivity contribution in [3.8, 4) is 11.8 Å². The normalized spacial score (nSPS) is 17.9. The summed E-state index contributed by atoms with van der Waals surface area (Å²) in [5.74, 6) is 1.32. The first-order valence-corrected chi connectivity index (χ1v) is 11.4. The summed E-state index contributed by atoms with van der Waals surface area (Å²) in [6, 6.07) is 12.5. The average molecular weight is 440 g/mol. The van der Waals surface area contributed by atoms with E-state index in [1.807, 2.05) is 4.90 Å². The lowest BCUT2D eigenvalue weighted by atomic mass is 9.89. The molecule has 0 aliphatic carbocycles. The first-order valence-electron chi connectivity index (χ1n) is 11.4. The van der Waals surface area contributed by atoms with E-state index in [0.717, 1.165) is 65.2 Å². The number of hydrogen-bond donors (Lipinski definition) is 0. The largest absolute Gasteiger partial charge is 0.481 e. The Kier molecular flexibility index (Phi) is 7.60. The fourth-order valence-electron chi connectivity index (χ4n) is 4.50. The number of benzene rings is 1. The van der Waals surface area contributed by atoms with E-state index in [4.69, 9.17) is 14.2 Å². The Balaban J connectivity index is 1.28. The summed E-state index contributed by atoms with van der Waals surface area (Å²) in [6.07, 6.45) is 3.08. The third kappa shape index (κ3) is 5.58. The number of morpholine rings is 1. The quantitative estimate of drug-likeness (QED) is 0.661. The van der Waals surface area contributed by atoms with Crippen LogP contribution in [0.4, 0.5) is 0 Å². The van der Waals surface area contributed by atoms with Gasteiger partial charge in [0.15, 0.2) is 0 Å². The maximum absolute atomic E-state index is 13.0. The highest BCUT2D eigenvalue weighted by atomic mass is 16.5. The van der Waals surface area contributed by atoms with Gasteiger partial charge in [-0.25, -0.2) is 0 Å². The molecule has 4 rings (SSSR count). The van der Waals surface area contributed by atoms with Gasteiger partial charge in [-0.05, 0) is 42.4 Å². The van der Waals surface area contributed by atoms with E-state index in [0.29, 0.717) is 23.2 Å². The van der Waals surface area contributed by atoms with Crippen LogP contribution < -0.4 is 9.47 Å². The molecule has 0 radical (unpaired) electrons. The number of amides is 1. The predicted molar refractivity (Wildman–Crippen MR) is 122 cm³/mol. The number of ether oxygens (including phenoxy) is 3. The van der Waals surface area contributed by atoms with Crippen LogP contribution >= 0.6 is 0 Å². The molecule has 2 fully saturated rings. The van der Waals surface area contributed by atoms with Gasteiger partial charge in [-0.15, -0.1) is 0 Å². The van der Waals surface area contributed by atoms with Crippen LogP contribution in [0.3, 0.4) is 0 Å². The molecule has 7 heteroatoms. The summed E-state index contributed by atoms with van der Waals surface area (Å²) in [7, 11) is 3.07. The van der Waals surface area contributed by atoms with Crippen molar-refractivity contribution < 1.29 is 19.0 Å². The fraction of sp³-hybridized carbons (Fsp3) is 0.520. The van der Waals surface area contributed by atoms with Gasteiger partial charge in [-0.3, -0.25) is 9.69 Å². The molecule has 0 bridgehead atoms. The van der Waals surface area contributed by atoms with Crippen LogP contribution in [-0.2, 0) is 17.7 Å². The third-order valence-electron chi connectivity index (χ3n) is 6.43. The number of pyridine rings is 1. The summed E-state index contributed by atoms with van der Waals surface area (Å²) in [5.41, 5.74) is 3.22. The number of nitrogens with zero attached hydrogens (tertiary/aromatic N) is 3. The molecule has 32 heavy (non-hydrogen) atoms. The lowest BCUT2D eigenvalue weighted by Crippen LogP contribution is -2.39. The van der Waals surface area contributed by atoms with Crippen molar-refractivity contribution in [1.82, 2.24) is 14.8 Å². The predicted octanol–water partition coefficient (Wildman–Crippen LogP) is 3.03. The van der Waals surface area contributed by atoms with Crippen LogP contribution in [0.5, 0.6) is 11.8 Å². The van der Waals surface area contributed by atoms with Crippen molar-refractivity contribution >= 4 is 5.91 Å². The SMILES string of the molecule is COc1ccc(C(=O)N2CCC(Cc3ccc(CN4CCOCC4)cc3)CC2)c(OC)n1. The molecule has 0 spiro atoms. The third-order valence-corrected chi connectivity index (χ3v) is 6.43. The molecular weight excluding hydrogens is 406 g/mol. The van der Waals surface area contributed by atoms with Gasteiger partial charge < -0.3 is 19.1 Å². The molecule has 0 unspecified atom stereocenters. The summed E-state index contributed by atoms with van der Waals surface area (Å²) < 4.78 is 15.9. The molecule has 0 atom stereocenters. The summed E-state index contributed by atoms with van der Waals surface area (Å²) in [4.78, 5) is 21.6. The maximum atomic E-state index is 13.0. The molecular formula is C25H33N3O4. The number of carbonyl (C=O) groups is 1.